The summed E-state index contributed by atoms with van der Waals surface area (Å²) in [6.45, 7) is 4.00. The van der Waals surface area contributed by atoms with E-state index >= 15 is 0 Å². The highest BCUT2D eigenvalue weighted by atomic mass is 16.5. The minimum Gasteiger partial charge on any atom is -0.389 e. The van der Waals surface area contributed by atoms with Crippen molar-refractivity contribution < 1.29 is 9.84 Å². The maximum Gasteiger partial charge on any atom is 0.191 e. The fourth-order valence-electron chi connectivity index (χ4n) is 1.88. The molecule has 1 aliphatic rings. The predicted octanol–water partition coefficient (Wildman–Crippen LogP) is 1.28. The molecule has 116 valence electrons. The van der Waals surface area contributed by atoms with Gasteiger partial charge < -0.3 is 20.5 Å². The van der Waals surface area contributed by atoms with Crippen molar-refractivity contribution in [2.45, 2.75) is 38.5 Å². The molecule has 2 rings (SSSR count). The number of guanidine groups is 1. The molecule has 3 N–H and O–H groups in total. The lowest BCUT2D eigenvalue weighted by Crippen LogP contribution is -2.39. The zero-order valence-corrected chi connectivity index (χ0v) is 12.6. The first-order valence-electron chi connectivity index (χ1n) is 7.62. The van der Waals surface area contributed by atoms with Gasteiger partial charge in [-0.2, -0.15) is 0 Å². The minimum absolute atomic E-state index is 0.293. The Morgan fingerprint density at radius 2 is 2.14 bits per heavy atom. The standard InChI is InChI=1S/C16H25N3O2/c1-2-17-16(19-14-8-9-14)18-10-15(20)12-21-11-13-6-4-3-5-7-13/h3-7,14-15,20H,2,8-12H2,1H3,(H2,17,18,19). The number of aliphatic imine (C=N–C) groups is 1. The maximum atomic E-state index is 9.91. The SMILES string of the molecule is CCNC(=NCC(O)COCc1ccccc1)NC1CC1. The van der Waals surface area contributed by atoms with Gasteiger partial charge in [0.1, 0.15) is 0 Å². The summed E-state index contributed by atoms with van der Waals surface area (Å²) in [5, 5.41) is 16.4. The van der Waals surface area contributed by atoms with E-state index in [9.17, 15) is 5.11 Å². The van der Waals surface area contributed by atoms with Gasteiger partial charge in [0.25, 0.3) is 0 Å². The Kier molecular flexibility index (Phi) is 6.50. The minimum atomic E-state index is -0.580. The molecule has 21 heavy (non-hydrogen) atoms. The van der Waals surface area contributed by atoms with Gasteiger partial charge in [0.15, 0.2) is 5.96 Å². The molecule has 0 saturated heterocycles. The Morgan fingerprint density at radius 1 is 1.38 bits per heavy atom. The summed E-state index contributed by atoms with van der Waals surface area (Å²) in [7, 11) is 0. The third-order valence-corrected chi connectivity index (χ3v) is 3.14. The summed E-state index contributed by atoms with van der Waals surface area (Å²) in [4.78, 5) is 4.38. The van der Waals surface area contributed by atoms with E-state index in [0.29, 0.717) is 25.8 Å². The number of nitrogens with zero attached hydrogens (tertiary/aromatic N) is 1. The van der Waals surface area contributed by atoms with E-state index in [4.69, 9.17) is 4.74 Å². The molecule has 1 aromatic rings. The molecule has 0 aliphatic heterocycles. The van der Waals surface area contributed by atoms with E-state index < -0.39 is 6.10 Å². The number of hydrogen-bond acceptors (Lipinski definition) is 3. The largest absolute Gasteiger partial charge is 0.389 e. The molecule has 0 amide bonds. The number of aliphatic hydroxyl groups excluding tert-OH is 1. The summed E-state index contributed by atoms with van der Waals surface area (Å²) in [6.07, 6.45) is 1.82. The second-order valence-electron chi connectivity index (χ2n) is 5.29. The van der Waals surface area contributed by atoms with Crippen LogP contribution in [0.1, 0.15) is 25.3 Å². The molecule has 1 atom stereocenters. The first-order chi connectivity index (χ1) is 10.3. The molecule has 5 heteroatoms. The van der Waals surface area contributed by atoms with E-state index in [1.165, 1.54) is 12.8 Å². The molecule has 1 fully saturated rings. The molecule has 5 nitrogen and oxygen atoms in total. The molecule has 0 radical (unpaired) electrons. The number of aliphatic hydroxyl groups is 1. The van der Waals surface area contributed by atoms with Gasteiger partial charge in [-0.05, 0) is 25.3 Å². The second-order valence-corrected chi connectivity index (χ2v) is 5.29. The van der Waals surface area contributed by atoms with E-state index in [-0.39, 0.29) is 0 Å². The number of rotatable bonds is 8. The van der Waals surface area contributed by atoms with Gasteiger partial charge in [0, 0.05) is 12.6 Å². The van der Waals surface area contributed by atoms with Crippen LogP contribution in [0, 0.1) is 0 Å². The summed E-state index contributed by atoms with van der Waals surface area (Å²) < 4.78 is 5.51. The van der Waals surface area contributed by atoms with Crippen molar-refractivity contribution >= 4 is 5.96 Å². The van der Waals surface area contributed by atoms with E-state index in [1.807, 2.05) is 37.3 Å². The smallest absolute Gasteiger partial charge is 0.191 e. The number of ether oxygens (including phenoxy) is 1. The Morgan fingerprint density at radius 3 is 2.81 bits per heavy atom. The lowest BCUT2D eigenvalue weighted by Gasteiger charge is -2.13. The summed E-state index contributed by atoms with van der Waals surface area (Å²) >= 11 is 0. The van der Waals surface area contributed by atoms with E-state index in [1.54, 1.807) is 0 Å². The molecule has 1 aliphatic carbocycles. The Bertz CT molecular complexity index is 432. The molecular formula is C16H25N3O2. The van der Waals surface area contributed by atoms with Crippen molar-refractivity contribution in [1.82, 2.24) is 10.6 Å². The van der Waals surface area contributed by atoms with Crippen LogP contribution >= 0.6 is 0 Å². The highest BCUT2D eigenvalue weighted by molar-refractivity contribution is 5.80. The van der Waals surface area contributed by atoms with Crippen molar-refractivity contribution in [3.63, 3.8) is 0 Å². The summed E-state index contributed by atoms with van der Waals surface area (Å²) in [6, 6.07) is 10.5. The van der Waals surface area contributed by atoms with Crippen molar-refractivity contribution in [1.29, 1.82) is 0 Å². The highest BCUT2D eigenvalue weighted by Crippen LogP contribution is 2.18. The van der Waals surface area contributed by atoms with Gasteiger partial charge >= 0.3 is 0 Å². The van der Waals surface area contributed by atoms with E-state index in [2.05, 4.69) is 15.6 Å². The highest BCUT2D eigenvalue weighted by Gasteiger charge is 2.22. The molecular weight excluding hydrogens is 266 g/mol. The monoisotopic (exact) mass is 291 g/mol. The van der Waals surface area contributed by atoms with Gasteiger partial charge in [-0.1, -0.05) is 30.3 Å². The van der Waals surface area contributed by atoms with Crippen LogP contribution < -0.4 is 10.6 Å². The Hall–Kier alpha value is -1.59. The fourth-order valence-corrected chi connectivity index (χ4v) is 1.88. The van der Waals surface area contributed by atoms with Crippen molar-refractivity contribution in [3.8, 4) is 0 Å². The van der Waals surface area contributed by atoms with E-state index in [0.717, 1.165) is 18.1 Å². The lowest BCUT2D eigenvalue weighted by molar-refractivity contribution is 0.0331. The zero-order chi connectivity index (χ0) is 14.9. The molecule has 0 heterocycles. The van der Waals surface area contributed by atoms with Gasteiger partial charge in [-0.15, -0.1) is 0 Å². The molecule has 0 bridgehead atoms. The summed E-state index contributed by atoms with van der Waals surface area (Å²) in [5.41, 5.74) is 1.11. The van der Waals surface area contributed by atoms with Crippen LogP contribution in [0.4, 0.5) is 0 Å². The Labute approximate surface area is 126 Å². The van der Waals surface area contributed by atoms with Crippen LogP contribution in [0.5, 0.6) is 0 Å². The number of hydrogen-bond donors (Lipinski definition) is 3. The quantitative estimate of drug-likeness (QED) is 0.499. The zero-order valence-electron chi connectivity index (χ0n) is 12.6. The molecule has 1 saturated carbocycles. The average molecular weight is 291 g/mol. The summed E-state index contributed by atoms with van der Waals surface area (Å²) in [5.74, 6) is 0.780. The van der Waals surface area contributed by atoms with Crippen molar-refractivity contribution in [2.24, 2.45) is 4.99 Å². The first kappa shape index (κ1) is 15.8. The van der Waals surface area contributed by atoms with Gasteiger partial charge in [0.2, 0.25) is 0 Å². The number of nitrogens with one attached hydrogen (secondary N) is 2. The maximum absolute atomic E-state index is 9.91. The third-order valence-electron chi connectivity index (χ3n) is 3.14. The van der Waals surface area contributed by atoms with Crippen LogP contribution in [0.15, 0.2) is 35.3 Å². The van der Waals surface area contributed by atoms with Crippen molar-refractivity contribution in [3.05, 3.63) is 35.9 Å². The number of benzene rings is 1. The van der Waals surface area contributed by atoms with Crippen LogP contribution in [0.2, 0.25) is 0 Å². The molecule has 0 aromatic heterocycles. The molecule has 1 unspecified atom stereocenters. The molecule has 0 spiro atoms. The topological polar surface area (TPSA) is 65.9 Å². The molecule has 1 aromatic carbocycles. The van der Waals surface area contributed by atoms with Gasteiger partial charge in [-0.25, -0.2) is 0 Å². The average Bonchev–Trinajstić information content (AvgIpc) is 3.30. The van der Waals surface area contributed by atoms with Crippen LogP contribution in [-0.4, -0.2) is 42.9 Å². The lowest BCUT2D eigenvalue weighted by atomic mass is 10.2. The van der Waals surface area contributed by atoms with Crippen LogP contribution in [0.3, 0.4) is 0 Å². The van der Waals surface area contributed by atoms with Gasteiger partial charge in [-0.3, -0.25) is 4.99 Å². The van der Waals surface area contributed by atoms with Crippen LogP contribution in [0.25, 0.3) is 0 Å². The predicted molar refractivity (Wildman–Crippen MR) is 84.2 cm³/mol. The van der Waals surface area contributed by atoms with Crippen LogP contribution in [-0.2, 0) is 11.3 Å². The first-order valence-corrected chi connectivity index (χ1v) is 7.62. The van der Waals surface area contributed by atoms with Gasteiger partial charge in [0.05, 0.1) is 25.9 Å². The Balaban J connectivity index is 1.66. The second kappa shape index (κ2) is 8.64. The fraction of sp³-hybridized carbons (Fsp3) is 0.562. The normalized spacial score (nSPS) is 16.6. The van der Waals surface area contributed by atoms with Crippen molar-refractivity contribution in [2.75, 3.05) is 19.7 Å². The third kappa shape index (κ3) is 6.60.